The van der Waals surface area contributed by atoms with E-state index in [9.17, 15) is 9.90 Å². The zero-order chi connectivity index (χ0) is 12.3. The summed E-state index contributed by atoms with van der Waals surface area (Å²) in [6, 6.07) is 0.314. The van der Waals surface area contributed by atoms with E-state index in [1.54, 1.807) is 0 Å². The molecule has 1 saturated heterocycles. The van der Waals surface area contributed by atoms with Crippen LogP contribution >= 0.6 is 0 Å². The largest absolute Gasteiger partial charge is 0.479 e. The van der Waals surface area contributed by atoms with Crippen LogP contribution in [0.4, 0.5) is 0 Å². The van der Waals surface area contributed by atoms with Crippen molar-refractivity contribution in [3.63, 3.8) is 0 Å². The second-order valence-electron chi connectivity index (χ2n) is 5.04. The number of piperidine rings is 1. The Hall–Kier alpha value is -0.650. The first kappa shape index (κ1) is 13.4. The average molecular weight is 230 g/mol. The van der Waals surface area contributed by atoms with Crippen molar-refractivity contribution in [3.05, 3.63) is 0 Å². The van der Waals surface area contributed by atoms with Gasteiger partial charge >= 0.3 is 5.97 Å². The smallest absolute Gasteiger partial charge is 0.336 e. The summed E-state index contributed by atoms with van der Waals surface area (Å²) in [6.45, 7) is 4.97. The van der Waals surface area contributed by atoms with Crippen LogP contribution in [0.1, 0.15) is 26.7 Å². The van der Waals surface area contributed by atoms with E-state index in [2.05, 4.69) is 6.92 Å². The van der Waals surface area contributed by atoms with Crippen LogP contribution in [0, 0.1) is 5.92 Å². The summed E-state index contributed by atoms with van der Waals surface area (Å²) < 4.78 is 0. The summed E-state index contributed by atoms with van der Waals surface area (Å²) in [6.07, 6.45) is 2.10. The molecule has 0 spiro atoms. The van der Waals surface area contributed by atoms with Gasteiger partial charge in [0, 0.05) is 19.1 Å². The highest BCUT2D eigenvalue weighted by molar-refractivity contribution is 5.76. The lowest BCUT2D eigenvalue weighted by Crippen LogP contribution is -2.53. The number of rotatable bonds is 4. The molecule has 0 aromatic rings. The molecule has 1 aliphatic heterocycles. The van der Waals surface area contributed by atoms with E-state index in [-0.39, 0.29) is 6.54 Å². The molecule has 3 unspecified atom stereocenters. The summed E-state index contributed by atoms with van der Waals surface area (Å²) in [5, 5.41) is 18.6. The number of carboxylic acid groups (broad SMARTS) is 1. The Morgan fingerprint density at radius 3 is 2.69 bits per heavy atom. The maximum atomic E-state index is 10.9. The van der Waals surface area contributed by atoms with Crippen LogP contribution < -0.4 is 5.73 Å². The molecule has 1 rings (SSSR count). The van der Waals surface area contributed by atoms with Gasteiger partial charge in [0.1, 0.15) is 0 Å². The molecule has 1 aliphatic rings. The van der Waals surface area contributed by atoms with Crippen molar-refractivity contribution in [1.29, 1.82) is 0 Å². The van der Waals surface area contributed by atoms with Gasteiger partial charge in [0.05, 0.1) is 0 Å². The molecule has 1 fully saturated rings. The molecule has 3 atom stereocenters. The van der Waals surface area contributed by atoms with Crippen LogP contribution in [0.2, 0.25) is 0 Å². The molecule has 0 radical (unpaired) electrons. The van der Waals surface area contributed by atoms with Gasteiger partial charge in [-0.15, -0.1) is 0 Å². The van der Waals surface area contributed by atoms with Gasteiger partial charge in [0.25, 0.3) is 0 Å². The molecule has 0 aromatic heterocycles. The van der Waals surface area contributed by atoms with Crippen LogP contribution in [-0.2, 0) is 4.79 Å². The summed E-state index contributed by atoms with van der Waals surface area (Å²) in [4.78, 5) is 12.9. The van der Waals surface area contributed by atoms with Gasteiger partial charge in [-0.2, -0.15) is 0 Å². The van der Waals surface area contributed by atoms with Crippen LogP contribution in [0.5, 0.6) is 0 Å². The summed E-state index contributed by atoms with van der Waals surface area (Å²) in [5.74, 6) is -0.754. The van der Waals surface area contributed by atoms with Crippen molar-refractivity contribution in [2.24, 2.45) is 11.7 Å². The average Bonchev–Trinajstić information content (AvgIpc) is 2.21. The van der Waals surface area contributed by atoms with Crippen LogP contribution in [-0.4, -0.2) is 52.4 Å². The number of nitrogens with zero attached hydrogens (tertiary/aromatic N) is 1. The topological polar surface area (TPSA) is 86.8 Å². The van der Waals surface area contributed by atoms with E-state index < -0.39 is 11.6 Å². The molecule has 1 heterocycles. The summed E-state index contributed by atoms with van der Waals surface area (Å²) in [5.41, 5.74) is 3.95. The van der Waals surface area contributed by atoms with Crippen molar-refractivity contribution in [1.82, 2.24) is 4.90 Å². The number of nitrogens with two attached hydrogens (primary N) is 1. The zero-order valence-electron chi connectivity index (χ0n) is 10.0. The van der Waals surface area contributed by atoms with Crippen molar-refractivity contribution >= 4 is 5.97 Å². The highest BCUT2D eigenvalue weighted by Crippen LogP contribution is 2.23. The molecule has 0 aromatic carbocycles. The Labute approximate surface area is 96.2 Å². The molecule has 0 bridgehead atoms. The number of hydrogen-bond acceptors (Lipinski definition) is 4. The third kappa shape index (κ3) is 3.17. The van der Waals surface area contributed by atoms with E-state index in [1.807, 2.05) is 4.90 Å². The number of β-amino-alcohol motifs (C(OH)–C–C–N with tert-alkyl or cyclic N) is 1. The predicted octanol–water partition coefficient (Wildman–Crippen LogP) is -0.119. The minimum absolute atomic E-state index is 0.167. The molecule has 0 aliphatic carbocycles. The second-order valence-corrected chi connectivity index (χ2v) is 5.04. The number of hydrogen-bond donors (Lipinski definition) is 3. The number of aliphatic hydroxyl groups is 1. The van der Waals surface area contributed by atoms with Gasteiger partial charge in [0.15, 0.2) is 5.60 Å². The summed E-state index contributed by atoms with van der Waals surface area (Å²) >= 11 is 0. The highest BCUT2D eigenvalue weighted by Gasteiger charge is 2.35. The lowest BCUT2D eigenvalue weighted by Gasteiger charge is -2.40. The fourth-order valence-corrected chi connectivity index (χ4v) is 2.14. The van der Waals surface area contributed by atoms with Crippen molar-refractivity contribution in [2.45, 2.75) is 38.3 Å². The van der Waals surface area contributed by atoms with Crippen LogP contribution in [0.25, 0.3) is 0 Å². The van der Waals surface area contributed by atoms with Gasteiger partial charge in [-0.3, -0.25) is 4.90 Å². The Kier molecular flexibility index (Phi) is 4.29. The zero-order valence-corrected chi connectivity index (χ0v) is 10.0. The van der Waals surface area contributed by atoms with Crippen LogP contribution in [0.15, 0.2) is 0 Å². The van der Waals surface area contributed by atoms with E-state index in [4.69, 9.17) is 10.8 Å². The Morgan fingerprint density at radius 2 is 2.19 bits per heavy atom. The first-order valence-corrected chi connectivity index (χ1v) is 5.76. The van der Waals surface area contributed by atoms with Crippen LogP contribution in [0.3, 0.4) is 0 Å². The number of likely N-dealkylation sites (tertiary alicyclic amines) is 1. The second kappa shape index (κ2) is 5.12. The van der Waals surface area contributed by atoms with Gasteiger partial charge in [-0.25, -0.2) is 4.79 Å². The van der Waals surface area contributed by atoms with E-state index >= 15 is 0 Å². The summed E-state index contributed by atoms with van der Waals surface area (Å²) in [7, 11) is 0. The standard InChI is InChI=1S/C11H22N2O3/c1-8-3-4-9(5-12)6-13(8)7-11(2,16)10(14)15/h8-9,16H,3-7,12H2,1-2H3,(H,14,15). The van der Waals surface area contributed by atoms with E-state index in [0.717, 1.165) is 19.4 Å². The predicted molar refractivity (Wildman–Crippen MR) is 61.1 cm³/mol. The number of aliphatic carboxylic acids is 1. The molecule has 94 valence electrons. The Bertz CT molecular complexity index is 256. The fraction of sp³-hybridized carbons (Fsp3) is 0.909. The fourth-order valence-electron chi connectivity index (χ4n) is 2.14. The van der Waals surface area contributed by atoms with E-state index in [1.165, 1.54) is 6.92 Å². The minimum Gasteiger partial charge on any atom is -0.479 e. The molecule has 0 amide bonds. The third-order valence-electron chi connectivity index (χ3n) is 3.41. The highest BCUT2D eigenvalue weighted by atomic mass is 16.4. The van der Waals surface area contributed by atoms with Crippen molar-refractivity contribution in [2.75, 3.05) is 19.6 Å². The Morgan fingerprint density at radius 1 is 1.56 bits per heavy atom. The Balaban J connectivity index is 2.60. The monoisotopic (exact) mass is 230 g/mol. The molecule has 5 heteroatoms. The quantitative estimate of drug-likeness (QED) is 0.627. The first-order valence-electron chi connectivity index (χ1n) is 5.76. The molecule has 5 nitrogen and oxygen atoms in total. The van der Waals surface area contributed by atoms with Crippen molar-refractivity contribution < 1.29 is 15.0 Å². The molecular weight excluding hydrogens is 208 g/mol. The SMILES string of the molecule is CC1CCC(CN)CN1CC(C)(O)C(=O)O. The molecule has 16 heavy (non-hydrogen) atoms. The maximum absolute atomic E-state index is 10.9. The molecular formula is C11H22N2O3. The lowest BCUT2D eigenvalue weighted by molar-refractivity contribution is -0.159. The maximum Gasteiger partial charge on any atom is 0.336 e. The van der Waals surface area contributed by atoms with Gasteiger partial charge in [-0.1, -0.05) is 0 Å². The van der Waals surface area contributed by atoms with Gasteiger partial charge < -0.3 is 15.9 Å². The number of carboxylic acids is 1. The third-order valence-corrected chi connectivity index (χ3v) is 3.41. The number of carbonyl (C=O) groups is 1. The minimum atomic E-state index is -1.68. The van der Waals surface area contributed by atoms with Gasteiger partial charge in [0.2, 0.25) is 0 Å². The van der Waals surface area contributed by atoms with Crippen molar-refractivity contribution in [3.8, 4) is 0 Å². The molecule has 0 saturated carbocycles. The lowest BCUT2D eigenvalue weighted by atomic mass is 9.92. The first-order chi connectivity index (χ1) is 7.36. The van der Waals surface area contributed by atoms with Gasteiger partial charge in [-0.05, 0) is 39.2 Å². The van der Waals surface area contributed by atoms with E-state index in [0.29, 0.717) is 18.5 Å². The normalized spacial score (nSPS) is 31.0. The molecule has 4 N–H and O–H groups in total.